The van der Waals surface area contributed by atoms with Crippen LogP contribution >= 0.6 is 0 Å². The Labute approximate surface area is 117 Å². The normalized spacial score (nSPS) is 12.9. The molecule has 0 atom stereocenters. The van der Waals surface area contributed by atoms with Crippen molar-refractivity contribution in [1.82, 2.24) is 15.8 Å². The second-order valence-corrected chi connectivity index (χ2v) is 5.28. The standard InChI is InChI=1S/C12H15N3O4S/c1-9(8-20(17,18)19)7-10(2)14-15-12(16)11-3-5-13-6-4-11/h3-8,14H,1-2H3,(H,15,16)(H,17,18,19)/b9-8+,10-7+. The third kappa shape index (κ3) is 6.12. The molecule has 0 aliphatic rings. The van der Waals surface area contributed by atoms with Gasteiger partial charge < -0.3 is 5.43 Å². The fourth-order valence-corrected chi connectivity index (χ4v) is 1.92. The summed E-state index contributed by atoms with van der Waals surface area (Å²) in [5.74, 6) is -0.350. The molecule has 20 heavy (non-hydrogen) atoms. The highest BCUT2D eigenvalue weighted by Gasteiger charge is 2.03. The topological polar surface area (TPSA) is 108 Å². The molecule has 108 valence electrons. The van der Waals surface area contributed by atoms with Crippen molar-refractivity contribution in [3.63, 3.8) is 0 Å². The van der Waals surface area contributed by atoms with Crippen LogP contribution in [0.25, 0.3) is 0 Å². The third-order valence-electron chi connectivity index (χ3n) is 2.09. The fourth-order valence-electron chi connectivity index (χ4n) is 1.38. The lowest BCUT2D eigenvalue weighted by Crippen LogP contribution is -2.36. The zero-order valence-electron chi connectivity index (χ0n) is 11.0. The quantitative estimate of drug-likeness (QED) is 0.425. The molecule has 0 aliphatic heterocycles. The second kappa shape index (κ2) is 6.83. The zero-order chi connectivity index (χ0) is 15.2. The predicted octanol–water partition coefficient (Wildman–Crippen LogP) is 1.01. The molecule has 1 heterocycles. The summed E-state index contributed by atoms with van der Waals surface area (Å²) in [6, 6.07) is 3.11. The minimum atomic E-state index is -4.17. The van der Waals surface area contributed by atoms with Gasteiger partial charge in [-0.1, -0.05) is 0 Å². The van der Waals surface area contributed by atoms with Crippen molar-refractivity contribution in [1.29, 1.82) is 0 Å². The molecule has 0 bridgehead atoms. The van der Waals surface area contributed by atoms with Crippen molar-refractivity contribution in [2.75, 3.05) is 0 Å². The van der Waals surface area contributed by atoms with Crippen molar-refractivity contribution in [3.8, 4) is 0 Å². The average Bonchev–Trinajstić information content (AvgIpc) is 2.34. The van der Waals surface area contributed by atoms with Crippen molar-refractivity contribution >= 4 is 16.0 Å². The van der Waals surface area contributed by atoms with Gasteiger partial charge in [0, 0.05) is 23.7 Å². The van der Waals surface area contributed by atoms with Gasteiger partial charge >= 0.3 is 0 Å². The van der Waals surface area contributed by atoms with E-state index in [4.69, 9.17) is 4.55 Å². The van der Waals surface area contributed by atoms with E-state index in [1.165, 1.54) is 25.4 Å². The molecule has 0 aromatic carbocycles. The molecule has 7 nitrogen and oxygen atoms in total. The minimum absolute atomic E-state index is 0.315. The molecule has 1 rings (SSSR count). The van der Waals surface area contributed by atoms with E-state index in [1.54, 1.807) is 19.1 Å². The lowest BCUT2D eigenvalue weighted by molar-refractivity contribution is 0.0938. The summed E-state index contributed by atoms with van der Waals surface area (Å²) in [6.07, 6.45) is 4.45. The van der Waals surface area contributed by atoms with Crippen molar-refractivity contribution in [3.05, 3.63) is 52.8 Å². The summed E-state index contributed by atoms with van der Waals surface area (Å²) in [4.78, 5) is 15.5. The molecule has 0 fully saturated rings. The summed E-state index contributed by atoms with van der Waals surface area (Å²) >= 11 is 0. The van der Waals surface area contributed by atoms with E-state index in [0.717, 1.165) is 0 Å². The molecule has 1 amide bonds. The highest BCUT2D eigenvalue weighted by Crippen LogP contribution is 2.02. The maximum absolute atomic E-state index is 11.7. The highest BCUT2D eigenvalue weighted by atomic mass is 32.2. The monoisotopic (exact) mass is 297 g/mol. The Kier molecular flexibility index (Phi) is 5.42. The first-order valence-electron chi connectivity index (χ1n) is 5.58. The van der Waals surface area contributed by atoms with Crippen LogP contribution < -0.4 is 10.9 Å². The van der Waals surface area contributed by atoms with Gasteiger partial charge in [-0.25, -0.2) is 0 Å². The van der Waals surface area contributed by atoms with Crippen molar-refractivity contribution in [2.24, 2.45) is 0 Å². The molecule has 8 heteroatoms. The maximum atomic E-state index is 11.7. The zero-order valence-corrected chi connectivity index (χ0v) is 11.8. The van der Waals surface area contributed by atoms with E-state index in [9.17, 15) is 13.2 Å². The molecule has 0 spiro atoms. The van der Waals surface area contributed by atoms with E-state index in [0.29, 0.717) is 22.2 Å². The molecular weight excluding hydrogens is 282 g/mol. The van der Waals surface area contributed by atoms with Gasteiger partial charge in [-0.05, 0) is 37.6 Å². The van der Waals surface area contributed by atoms with Gasteiger partial charge in [0.2, 0.25) is 0 Å². The van der Waals surface area contributed by atoms with E-state index in [1.807, 2.05) is 0 Å². The number of pyridine rings is 1. The molecule has 0 radical (unpaired) electrons. The number of rotatable bonds is 5. The first kappa shape index (κ1) is 15.9. The number of allylic oxidation sites excluding steroid dienone is 3. The van der Waals surface area contributed by atoms with Crippen LogP contribution in [0.3, 0.4) is 0 Å². The SMILES string of the molecule is CC(=C\S(=O)(=O)O)/C=C(\C)NNC(=O)c1ccncc1. The lowest BCUT2D eigenvalue weighted by atomic mass is 10.2. The van der Waals surface area contributed by atoms with Crippen LogP contribution in [0.2, 0.25) is 0 Å². The third-order valence-corrected chi connectivity index (χ3v) is 2.76. The van der Waals surface area contributed by atoms with E-state index < -0.39 is 10.1 Å². The van der Waals surface area contributed by atoms with Crippen LogP contribution in [0.1, 0.15) is 24.2 Å². The first-order chi connectivity index (χ1) is 9.28. The summed E-state index contributed by atoms with van der Waals surface area (Å²) in [5.41, 5.74) is 6.32. The summed E-state index contributed by atoms with van der Waals surface area (Å²) < 4.78 is 29.9. The highest BCUT2D eigenvalue weighted by molar-refractivity contribution is 7.88. The van der Waals surface area contributed by atoms with Crippen LogP contribution in [0, 0.1) is 0 Å². The van der Waals surface area contributed by atoms with Gasteiger partial charge in [0.05, 0.1) is 5.41 Å². The Hall–Kier alpha value is -2.19. The number of carbonyl (C=O) groups excluding carboxylic acids is 1. The number of carbonyl (C=O) groups is 1. The van der Waals surface area contributed by atoms with Crippen LogP contribution in [-0.2, 0) is 10.1 Å². The van der Waals surface area contributed by atoms with Gasteiger partial charge in [0.1, 0.15) is 0 Å². The first-order valence-corrected chi connectivity index (χ1v) is 7.09. The number of hydrazine groups is 1. The van der Waals surface area contributed by atoms with Gasteiger partial charge in [0.25, 0.3) is 16.0 Å². The van der Waals surface area contributed by atoms with Gasteiger partial charge in [-0.2, -0.15) is 8.42 Å². The number of nitrogens with one attached hydrogen (secondary N) is 2. The number of nitrogens with zero attached hydrogens (tertiary/aromatic N) is 1. The minimum Gasteiger partial charge on any atom is -0.303 e. The molecule has 0 aliphatic carbocycles. The fraction of sp³-hybridized carbons (Fsp3) is 0.167. The Bertz CT molecular complexity index is 636. The molecule has 0 saturated carbocycles. The van der Waals surface area contributed by atoms with E-state index in [-0.39, 0.29) is 5.91 Å². The summed E-state index contributed by atoms with van der Waals surface area (Å²) in [5, 5.41) is 0.711. The van der Waals surface area contributed by atoms with E-state index >= 15 is 0 Å². The Morgan fingerprint density at radius 1 is 1.25 bits per heavy atom. The smallest absolute Gasteiger partial charge is 0.287 e. The number of hydrogen-bond donors (Lipinski definition) is 3. The van der Waals surface area contributed by atoms with E-state index in [2.05, 4.69) is 15.8 Å². The van der Waals surface area contributed by atoms with Crippen LogP contribution in [0.4, 0.5) is 0 Å². The number of hydrogen-bond acceptors (Lipinski definition) is 5. The molecule has 0 saturated heterocycles. The maximum Gasteiger partial charge on any atom is 0.287 e. The number of aromatic nitrogens is 1. The summed E-state index contributed by atoms with van der Waals surface area (Å²) in [7, 11) is -4.17. The van der Waals surface area contributed by atoms with Crippen LogP contribution in [0.5, 0.6) is 0 Å². The Morgan fingerprint density at radius 3 is 2.40 bits per heavy atom. The van der Waals surface area contributed by atoms with Gasteiger partial charge in [-0.15, -0.1) is 0 Å². The van der Waals surface area contributed by atoms with Crippen LogP contribution in [-0.4, -0.2) is 23.9 Å². The Morgan fingerprint density at radius 2 is 1.85 bits per heavy atom. The van der Waals surface area contributed by atoms with Gasteiger partial charge in [-0.3, -0.25) is 19.8 Å². The molecule has 1 aromatic heterocycles. The second-order valence-electron chi connectivity index (χ2n) is 4.02. The molecule has 3 N–H and O–H groups in total. The van der Waals surface area contributed by atoms with Gasteiger partial charge in [0.15, 0.2) is 0 Å². The largest absolute Gasteiger partial charge is 0.303 e. The predicted molar refractivity (Wildman–Crippen MR) is 73.9 cm³/mol. The average molecular weight is 297 g/mol. The van der Waals surface area contributed by atoms with Crippen molar-refractivity contribution in [2.45, 2.75) is 13.8 Å². The lowest BCUT2D eigenvalue weighted by Gasteiger charge is -2.08. The molecule has 1 aromatic rings. The Balaban J connectivity index is 2.62. The summed E-state index contributed by atoms with van der Waals surface area (Å²) in [6.45, 7) is 3.14. The van der Waals surface area contributed by atoms with Crippen LogP contribution in [0.15, 0.2) is 47.3 Å². The van der Waals surface area contributed by atoms with Crippen molar-refractivity contribution < 1.29 is 17.8 Å². The number of amides is 1. The molecular formula is C12H15N3O4S. The molecule has 0 unspecified atom stereocenters.